The van der Waals surface area contributed by atoms with Crippen molar-refractivity contribution in [2.75, 3.05) is 0 Å². The van der Waals surface area contributed by atoms with Gasteiger partial charge in [-0.1, -0.05) is 35.3 Å². The molecule has 0 aliphatic rings. The van der Waals surface area contributed by atoms with E-state index in [0.29, 0.717) is 16.5 Å². The Morgan fingerprint density at radius 1 is 1.32 bits per heavy atom. The third-order valence-electron chi connectivity index (χ3n) is 3.10. The summed E-state index contributed by atoms with van der Waals surface area (Å²) in [6.07, 6.45) is 4.24. The first kappa shape index (κ1) is 14.3. The van der Waals surface area contributed by atoms with Crippen LogP contribution in [0.3, 0.4) is 0 Å². The molecule has 2 aromatic rings. The zero-order valence-corrected chi connectivity index (χ0v) is 12.0. The Morgan fingerprint density at radius 3 is 2.79 bits per heavy atom. The Kier molecular flexibility index (Phi) is 4.77. The van der Waals surface area contributed by atoms with Crippen LogP contribution < -0.4 is 11.3 Å². The molecule has 1 unspecified atom stereocenters. The summed E-state index contributed by atoms with van der Waals surface area (Å²) in [4.78, 5) is 4.08. The van der Waals surface area contributed by atoms with E-state index >= 15 is 0 Å². The van der Waals surface area contributed by atoms with Gasteiger partial charge in [0.2, 0.25) is 0 Å². The Morgan fingerprint density at radius 2 is 2.11 bits per heavy atom. The van der Waals surface area contributed by atoms with Gasteiger partial charge in [0.25, 0.3) is 0 Å². The minimum Gasteiger partial charge on any atom is -0.271 e. The van der Waals surface area contributed by atoms with Gasteiger partial charge in [0.1, 0.15) is 0 Å². The first-order chi connectivity index (χ1) is 9.13. The Hall–Kier alpha value is -1.13. The van der Waals surface area contributed by atoms with Crippen LogP contribution in [-0.4, -0.2) is 4.98 Å². The molecule has 1 aromatic heterocycles. The summed E-state index contributed by atoms with van der Waals surface area (Å²) < 4.78 is 0. The quantitative estimate of drug-likeness (QED) is 0.671. The van der Waals surface area contributed by atoms with E-state index in [4.69, 9.17) is 29.0 Å². The lowest BCUT2D eigenvalue weighted by Crippen LogP contribution is -2.30. The molecule has 5 heteroatoms. The highest BCUT2D eigenvalue weighted by Crippen LogP contribution is 2.29. The van der Waals surface area contributed by atoms with E-state index in [1.54, 1.807) is 12.3 Å². The average Bonchev–Trinajstić information content (AvgIpc) is 2.41. The van der Waals surface area contributed by atoms with Gasteiger partial charge in [0, 0.05) is 12.4 Å². The van der Waals surface area contributed by atoms with Crippen molar-refractivity contribution < 1.29 is 0 Å². The molecule has 0 aliphatic carbocycles. The van der Waals surface area contributed by atoms with Gasteiger partial charge >= 0.3 is 0 Å². The second-order valence-corrected chi connectivity index (χ2v) is 5.15. The zero-order chi connectivity index (χ0) is 13.8. The number of nitrogens with one attached hydrogen (secondary N) is 1. The maximum atomic E-state index is 6.21. The fourth-order valence-corrected chi connectivity index (χ4v) is 2.46. The lowest BCUT2D eigenvalue weighted by atomic mass is 9.97. The van der Waals surface area contributed by atoms with Gasteiger partial charge in [0.05, 0.1) is 16.1 Å². The molecule has 0 radical (unpaired) electrons. The lowest BCUT2D eigenvalue weighted by molar-refractivity contribution is 0.549. The number of nitrogens with two attached hydrogens (primary N) is 1. The van der Waals surface area contributed by atoms with Crippen LogP contribution in [0.5, 0.6) is 0 Å². The molecule has 0 saturated heterocycles. The number of halogens is 2. The highest BCUT2D eigenvalue weighted by atomic mass is 35.5. The van der Waals surface area contributed by atoms with Gasteiger partial charge in [-0.2, -0.15) is 0 Å². The SMILES string of the molecule is Cc1cnccc1C(Cc1cccc(Cl)c1Cl)NN. The van der Waals surface area contributed by atoms with Crippen molar-refractivity contribution in [2.45, 2.75) is 19.4 Å². The summed E-state index contributed by atoms with van der Waals surface area (Å²) >= 11 is 12.2. The average molecular weight is 296 g/mol. The smallest absolute Gasteiger partial charge is 0.0624 e. The molecule has 3 nitrogen and oxygen atoms in total. The van der Waals surface area contributed by atoms with E-state index < -0.39 is 0 Å². The normalized spacial score (nSPS) is 12.4. The monoisotopic (exact) mass is 295 g/mol. The number of hydrogen-bond donors (Lipinski definition) is 2. The van der Waals surface area contributed by atoms with Crippen LogP contribution in [0.2, 0.25) is 10.0 Å². The highest BCUT2D eigenvalue weighted by molar-refractivity contribution is 6.42. The van der Waals surface area contributed by atoms with Gasteiger partial charge in [-0.05, 0) is 42.2 Å². The fourth-order valence-electron chi connectivity index (χ4n) is 2.06. The van der Waals surface area contributed by atoms with Crippen LogP contribution in [0.25, 0.3) is 0 Å². The van der Waals surface area contributed by atoms with Crippen LogP contribution in [0.4, 0.5) is 0 Å². The van der Waals surface area contributed by atoms with Crippen molar-refractivity contribution in [3.05, 3.63) is 63.4 Å². The second-order valence-electron chi connectivity index (χ2n) is 4.37. The first-order valence-electron chi connectivity index (χ1n) is 5.93. The third kappa shape index (κ3) is 3.25. The van der Waals surface area contributed by atoms with Crippen LogP contribution in [0.1, 0.15) is 22.7 Å². The van der Waals surface area contributed by atoms with Gasteiger partial charge in [-0.25, -0.2) is 0 Å². The largest absolute Gasteiger partial charge is 0.271 e. The molecule has 1 heterocycles. The summed E-state index contributed by atoms with van der Waals surface area (Å²) in [5, 5.41) is 1.14. The topological polar surface area (TPSA) is 50.9 Å². The number of benzene rings is 1. The van der Waals surface area contributed by atoms with Crippen LogP contribution >= 0.6 is 23.2 Å². The molecule has 3 N–H and O–H groups in total. The number of pyridine rings is 1. The molecule has 1 aromatic carbocycles. The van der Waals surface area contributed by atoms with Crippen LogP contribution in [0, 0.1) is 6.92 Å². The fraction of sp³-hybridized carbons (Fsp3) is 0.214. The van der Waals surface area contributed by atoms with Gasteiger partial charge in [0.15, 0.2) is 0 Å². The van der Waals surface area contributed by atoms with Crippen LogP contribution in [-0.2, 0) is 6.42 Å². The second kappa shape index (κ2) is 6.35. The predicted molar refractivity (Wildman–Crippen MR) is 79.2 cm³/mol. The summed E-state index contributed by atoms with van der Waals surface area (Å²) in [6.45, 7) is 2.01. The van der Waals surface area contributed by atoms with Crippen LogP contribution in [0.15, 0.2) is 36.7 Å². The van der Waals surface area contributed by atoms with E-state index in [1.807, 2.05) is 31.3 Å². The molecule has 0 spiro atoms. The molecular formula is C14H15Cl2N3. The van der Waals surface area contributed by atoms with Crippen molar-refractivity contribution in [2.24, 2.45) is 5.84 Å². The van der Waals surface area contributed by atoms with Crippen molar-refractivity contribution in [3.63, 3.8) is 0 Å². The number of rotatable bonds is 4. The van der Waals surface area contributed by atoms with Crippen molar-refractivity contribution in [1.29, 1.82) is 0 Å². The molecule has 0 fully saturated rings. The number of aryl methyl sites for hydroxylation is 1. The van der Waals surface area contributed by atoms with Crippen molar-refractivity contribution >= 4 is 23.2 Å². The molecule has 19 heavy (non-hydrogen) atoms. The number of aromatic nitrogens is 1. The highest BCUT2D eigenvalue weighted by Gasteiger charge is 2.15. The van der Waals surface area contributed by atoms with E-state index in [2.05, 4.69) is 10.4 Å². The zero-order valence-electron chi connectivity index (χ0n) is 10.5. The van der Waals surface area contributed by atoms with Gasteiger partial charge in [-0.3, -0.25) is 16.3 Å². The Labute approximate surface area is 122 Å². The molecule has 0 bridgehead atoms. The summed E-state index contributed by atoms with van der Waals surface area (Å²) in [5.74, 6) is 5.66. The number of hydrogen-bond acceptors (Lipinski definition) is 3. The van der Waals surface area contributed by atoms with Crippen molar-refractivity contribution in [1.82, 2.24) is 10.4 Å². The molecule has 2 rings (SSSR count). The van der Waals surface area contributed by atoms with E-state index in [0.717, 1.165) is 16.7 Å². The predicted octanol–water partition coefficient (Wildman–Crippen LogP) is 3.44. The van der Waals surface area contributed by atoms with Gasteiger partial charge < -0.3 is 0 Å². The molecule has 0 saturated carbocycles. The Bertz CT molecular complexity index is 572. The minimum atomic E-state index is -0.0287. The maximum Gasteiger partial charge on any atom is 0.0624 e. The molecule has 0 amide bonds. The number of nitrogens with zero attached hydrogens (tertiary/aromatic N) is 1. The third-order valence-corrected chi connectivity index (χ3v) is 3.95. The Balaban J connectivity index is 2.30. The molecule has 1 atom stereocenters. The minimum absolute atomic E-state index is 0.0287. The maximum absolute atomic E-state index is 6.21. The van der Waals surface area contributed by atoms with E-state index in [1.165, 1.54) is 0 Å². The van der Waals surface area contributed by atoms with E-state index in [-0.39, 0.29) is 6.04 Å². The first-order valence-corrected chi connectivity index (χ1v) is 6.68. The molecule has 0 aliphatic heterocycles. The van der Waals surface area contributed by atoms with Crippen molar-refractivity contribution in [3.8, 4) is 0 Å². The molecule has 100 valence electrons. The van der Waals surface area contributed by atoms with E-state index in [9.17, 15) is 0 Å². The summed E-state index contributed by atoms with van der Waals surface area (Å²) in [5.41, 5.74) is 5.98. The standard InChI is InChI=1S/C14H15Cl2N3/c1-9-8-18-6-5-11(9)13(19-17)7-10-3-2-4-12(15)14(10)16/h2-6,8,13,19H,7,17H2,1H3. The lowest BCUT2D eigenvalue weighted by Gasteiger charge is -2.19. The summed E-state index contributed by atoms with van der Waals surface area (Å²) in [7, 11) is 0. The number of hydrazine groups is 1. The summed E-state index contributed by atoms with van der Waals surface area (Å²) in [6, 6.07) is 7.54. The van der Waals surface area contributed by atoms with Gasteiger partial charge in [-0.15, -0.1) is 0 Å². The molecular weight excluding hydrogens is 281 g/mol.